The smallest absolute Gasteiger partial charge is 0.295 e. The molecule has 1 unspecified atom stereocenters. The van der Waals surface area contributed by atoms with Gasteiger partial charge in [0.25, 0.3) is 11.7 Å². The molecule has 0 radical (unpaired) electrons. The third-order valence-corrected chi connectivity index (χ3v) is 6.25. The van der Waals surface area contributed by atoms with Crippen LogP contribution in [0.25, 0.3) is 5.76 Å². The normalized spacial score (nSPS) is 17.0. The van der Waals surface area contributed by atoms with Crippen LogP contribution in [-0.2, 0) is 9.59 Å². The molecule has 2 aromatic rings. The monoisotopic (exact) mass is 512 g/mol. The average Bonchev–Trinajstić information content (AvgIpc) is 3.12. The average molecular weight is 513 g/mol. The molecule has 8 heteroatoms. The van der Waals surface area contributed by atoms with E-state index in [2.05, 4.69) is 6.92 Å². The molecule has 0 saturated carbocycles. The second-order valence-electron chi connectivity index (χ2n) is 9.35. The molecule has 1 aliphatic heterocycles. The van der Waals surface area contributed by atoms with Gasteiger partial charge in [0.2, 0.25) is 0 Å². The van der Waals surface area contributed by atoms with E-state index in [-0.39, 0.29) is 16.9 Å². The third-order valence-electron chi connectivity index (χ3n) is 6.25. The van der Waals surface area contributed by atoms with Crippen molar-refractivity contribution in [2.75, 3.05) is 40.4 Å². The van der Waals surface area contributed by atoms with Gasteiger partial charge in [0.1, 0.15) is 11.6 Å². The van der Waals surface area contributed by atoms with Crippen molar-refractivity contribution in [1.29, 1.82) is 0 Å². The van der Waals surface area contributed by atoms with E-state index in [1.807, 2.05) is 25.9 Å². The molecule has 1 heterocycles. The number of carbonyl (C=O) groups is 2. The zero-order chi connectivity index (χ0) is 26.9. The van der Waals surface area contributed by atoms with Crippen LogP contribution >= 0.6 is 0 Å². The Morgan fingerprint density at radius 3 is 2.38 bits per heavy atom. The molecule has 0 spiro atoms. The Bertz CT molecular complexity index is 1110. The van der Waals surface area contributed by atoms with Gasteiger partial charge in [-0.2, -0.15) is 0 Å². The number of carbonyl (C=O) groups excluding carboxylic acids is 2. The second-order valence-corrected chi connectivity index (χ2v) is 9.35. The van der Waals surface area contributed by atoms with Crippen LogP contribution in [0.2, 0.25) is 0 Å². The lowest BCUT2D eigenvalue weighted by atomic mass is 9.95. The van der Waals surface area contributed by atoms with Gasteiger partial charge in [0.05, 0.1) is 24.8 Å². The molecule has 1 amide bonds. The molecule has 1 aliphatic rings. The van der Waals surface area contributed by atoms with Crippen molar-refractivity contribution in [1.82, 2.24) is 9.80 Å². The number of ether oxygens (including phenoxy) is 2. The van der Waals surface area contributed by atoms with Crippen LogP contribution in [0.4, 0.5) is 4.39 Å². The molecular weight excluding hydrogens is 475 g/mol. The van der Waals surface area contributed by atoms with E-state index in [4.69, 9.17) is 9.47 Å². The number of rotatable bonds is 13. The van der Waals surface area contributed by atoms with Crippen LogP contribution in [0.1, 0.15) is 56.7 Å². The quantitative estimate of drug-likeness (QED) is 0.173. The molecule has 1 N–H and O–H groups in total. The Morgan fingerprint density at radius 2 is 1.73 bits per heavy atom. The highest BCUT2D eigenvalue weighted by Gasteiger charge is 2.46. The highest BCUT2D eigenvalue weighted by atomic mass is 19.1. The topological polar surface area (TPSA) is 79.3 Å². The van der Waals surface area contributed by atoms with E-state index in [1.54, 1.807) is 18.2 Å². The number of unbranched alkanes of at least 4 members (excludes halogenated alkanes) is 2. The van der Waals surface area contributed by atoms with E-state index in [1.165, 1.54) is 29.2 Å². The molecule has 0 bridgehead atoms. The highest BCUT2D eigenvalue weighted by Crippen LogP contribution is 2.42. The number of nitrogens with zero attached hydrogens (tertiary/aromatic N) is 2. The lowest BCUT2D eigenvalue weighted by molar-refractivity contribution is -0.139. The molecule has 3 rings (SSSR count). The molecule has 1 atom stereocenters. The Hall–Kier alpha value is -3.39. The predicted molar refractivity (Wildman–Crippen MR) is 141 cm³/mol. The maximum Gasteiger partial charge on any atom is 0.295 e. The summed E-state index contributed by atoms with van der Waals surface area (Å²) in [6.07, 6.45) is 3.71. The van der Waals surface area contributed by atoms with Crippen molar-refractivity contribution in [2.24, 2.45) is 0 Å². The number of benzene rings is 2. The van der Waals surface area contributed by atoms with Gasteiger partial charge in [-0.3, -0.25) is 9.59 Å². The summed E-state index contributed by atoms with van der Waals surface area (Å²) in [5.41, 5.74) is 0.858. The van der Waals surface area contributed by atoms with E-state index >= 15 is 0 Å². The number of hydrogen-bond acceptors (Lipinski definition) is 6. The summed E-state index contributed by atoms with van der Waals surface area (Å²) in [5.74, 6) is -1.15. The number of likely N-dealkylation sites (tertiary alicyclic amines) is 1. The van der Waals surface area contributed by atoms with Gasteiger partial charge in [-0.1, -0.05) is 25.8 Å². The minimum Gasteiger partial charge on any atom is -0.507 e. The van der Waals surface area contributed by atoms with Crippen LogP contribution in [0.15, 0.2) is 48.0 Å². The third kappa shape index (κ3) is 6.89. The number of aliphatic hydroxyl groups excluding tert-OH is 1. The highest BCUT2D eigenvalue weighted by molar-refractivity contribution is 6.46. The summed E-state index contributed by atoms with van der Waals surface area (Å²) in [5, 5.41) is 11.1. The Balaban J connectivity index is 2.06. The number of Topliss-reactive ketones (excluding diaryl/α,β-unsaturated/α-hetero) is 1. The number of amides is 1. The zero-order valence-corrected chi connectivity index (χ0v) is 22.1. The Morgan fingerprint density at radius 1 is 1.00 bits per heavy atom. The minimum absolute atomic E-state index is 0.0273. The summed E-state index contributed by atoms with van der Waals surface area (Å²) < 4.78 is 25.3. The number of aliphatic hydroxyl groups is 1. The van der Waals surface area contributed by atoms with E-state index < -0.39 is 23.5 Å². The molecule has 1 saturated heterocycles. The number of halogens is 1. The fourth-order valence-corrected chi connectivity index (χ4v) is 4.39. The van der Waals surface area contributed by atoms with E-state index in [0.29, 0.717) is 43.2 Å². The fraction of sp³-hybridized carbons (Fsp3) is 0.448. The predicted octanol–water partition coefficient (Wildman–Crippen LogP) is 5.17. The van der Waals surface area contributed by atoms with Crippen molar-refractivity contribution in [3.8, 4) is 11.5 Å². The first-order valence-corrected chi connectivity index (χ1v) is 12.9. The summed E-state index contributed by atoms with van der Waals surface area (Å²) >= 11 is 0. The van der Waals surface area contributed by atoms with Crippen molar-refractivity contribution in [2.45, 2.75) is 45.6 Å². The maximum absolute atomic E-state index is 13.5. The molecule has 0 aliphatic carbocycles. The molecule has 1 fully saturated rings. The Kier molecular flexibility index (Phi) is 10.1. The molecule has 0 aromatic heterocycles. The Labute approximate surface area is 218 Å². The largest absolute Gasteiger partial charge is 0.507 e. The number of hydrogen-bond donors (Lipinski definition) is 1. The SMILES string of the molecule is CCCCCOc1ccc(C2/C(=C(\O)c3ccc(F)cc3)C(=O)C(=O)N2CCCN(C)C)cc1OCC. The van der Waals surface area contributed by atoms with Crippen LogP contribution in [0.3, 0.4) is 0 Å². The van der Waals surface area contributed by atoms with Crippen LogP contribution < -0.4 is 9.47 Å². The summed E-state index contributed by atoms with van der Waals surface area (Å²) in [4.78, 5) is 29.9. The van der Waals surface area contributed by atoms with Gasteiger partial charge >= 0.3 is 0 Å². The summed E-state index contributed by atoms with van der Waals surface area (Å²) in [7, 11) is 3.88. The van der Waals surface area contributed by atoms with Gasteiger partial charge < -0.3 is 24.4 Å². The van der Waals surface area contributed by atoms with Gasteiger partial charge in [-0.25, -0.2) is 4.39 Å². The van der Waals surface area contributed by atoms with Crippen molar-refractivity contribution in [3.05, 3.63) is 65.0 Å². The van der Waals surface area contributed by atoms with Gasteiger partial charge in [-0.05, 0) is 82.4 Å². The lowest BCUT2D eigenvalue weighted by Gasteiger charge is -2.26. The number of ketones is 1. The molecular formula is C29H37FN2O5. The molecule has 37 heavy (non-hydrogen) atoms. The fourth-order valence-electron chi connectivity index (χ4n) is 4.39. The summed E-state index contributed by atoms with van der Waals surface area (Å²) in [6, 6.07) is 9.71. The minimum atomic E-state index is -0.819. The van der Waals surface area contributed by atoms with Crippen molar-refractivity contribution < 1.29 is 28.6 Å². The molecule has 7 nitrogen and oxygen atoms in total. The van der Waals surface area contributed by atoms with Gasteiger partial charge in [0.15, 0.2) is 11.5 Å². The maximum atomic E-state index is 13.5. The zero-order valence-electron chi connectivity index (χ0n) is 22.1. The van der Waals surface area contributed by atoms with E-state index in [0.717, 1.165) is 25.8 Å². The second kappa shape index (κ2) is 13.2. The van der Waals surface area contributed by atoms with Gasteiger partial charge in [-0.15, -0.1) is 0 Å². The van der Waals surface area contributed by atoms with Crippen LogP contribution in [0.5, 0.6) is 11.5 Å². The van der Waals surface area contributed by atoms with Crippen LogP contribution in [0, 0.1) is 5.82 Å². The first-order chi connectivity index (χ1) is 17.8. The first kappa shape index (κ1) is 28.2. The molecule has 2 aromatic carbocycles. The van der Waals surface area contributed by atoms with Crippen molar-refractivity contribution >= 4 is 17.4 Å². The van der Waals surface area contributed by atoms with Crippen LogP contribution in [-0.4, -0.2) is 67.0 Å². The summed E-state index contributed by atoms with van der Waals surface area (Å²) in [6.45, 7) is 6.01. The standard InChI is InChI=1S/C29H37FN2O5/c1-5-7-8-18-37-23-15-12-21(19-24(23)36-6-2)26-25(27(33)20-10-13-22(30)14-11-20)28(34)29(35)32(26)17-9-16-31(3)4/h10-15,19,26,33H,5-9,16-18H2,1-4H3/b27-25+. The van der Waals surface area contributed by atoms with Crippen molar-refractivity contribution in [3.63, 3.8) is 0 Å². The van der Waals surface area contributed by atoms with E-state index in [9.17, 15) is 19.1 Å². The van der Waals surface area contributed by atoms with Gasteiger partial charge in [0, 0.05) is 12.1 Å². The molecule has 200 valence electrons. The first-order valence-electron chi connectivity index (χ1n) is 12.9. The lowest BCUT2D eigenvalue weighted by Crippen LogP contribution is -2.32.